The second-order valence-electron chi connectivity index (χ2n) is 4.29. The zero-order valence-electron chi connectivity index (χ0n) is 10.6. The molecular formula is C13H19F3N2. The summed E-state index contributed by atoms with van der Waals surface area (Å²) in [7, 11) is 0. The first-order valence-corrected chi connectivity index (χ1v) is 6.40. The van der Waals surface area contributed by atoms with Crippen LogP contribution in [0.25, 0.3) is 0 Å². The van der Waals surface area contributed by atoms with E-state index in [0.29, 0.717) is 12.6 Å². The minimum atomic E-state index is -1.28. The highest BCUT2D eigenvalue weighted by atomic mass is 19.2. The average molecular weight is 260 g/mol. The quantitative estimate of drug-likeness (QED) is 0.557. The van der Waals surface area contributed by atoms with E-state index in [0.717, 1.165) is 19.3 Å². The van der Waals surface area contributed by atoms with Crippen molar-refractivity contribution in [1.29, 1.82) is 0 Å². The summed E-state index contributed by atoms with van der Waals surface area (Å²) >= 11 is 0. The molecule has 0 aliphatic rings. The molecule has 18 heavy (non-hydrogen) atoms. The second-order valence-corrected chi connectivity index (χ2v) is 4.29. The molecule has 0 atom stereocenters. The smallest absolute Gasteiger partial charge is 0.251 e. The topological polar surface area (TPSA) is 24.9 Å². The lowest BCUT2D eigenvalue weighted by molar-refractivity contribution is 0.466. The average Bonchev–Trinajstić information content (AvgIpc) is 2.34. The fraction of sp³-hybridized carbons (Fsp3) is 0.615. The Morgan fingerprint density at radius 1 is 1.00 bits per heavy atom. The second kappa shape index (κ2) is 7.95. The number of hydrogen-bond acceptors (Lipinski definition) is 2. The monoisotopic (exact) mass is 260 g/mol. The van der Waals surface area contributed by atoms with Crippen LogP contribution in [-0.4, -0.2) is 11.5 Å². The van der Waals surface area contributed by atoms with E-state index in [2.05, 4.69) is 17.2 Å². The van der Waals surface area contributed by atoms with E-state index in [1.165, 1.54) is 19.3 Å². The maximum atomic E-state index is 13.2. The summed E-state index contributed by atoms with van der Waals surface area (Å²) in [5, 5.41) is 2.68. The molecule has 0 radical (unpaired) electrons. The lowest BCUT2D eigenvalue weighted by Crippen LogP contribution is -2.07. The van der Waals surface area contributed by atoms with Crippen molar-refractivity contribution in [2.75, 3.05) is 11.9 Å². The van der Waals surface area contributed by atoms with E-state index in [1.54, 1.807) is 0 Å². The van der Waals surface area contributed by atoms with Crippen molar-refractivity contribution in [2.24, 2.45) is 0 Å². The van der Waals surface area contributed by atoms with Gasteiger partial charge in [0.2, 0.25) is 0 Å². The Morgan fingerprint density at radius 2 is 1.67 bits per heavy atom. The van der Waals surface area contributed by atoms with Gasteiger partial charge in [0.05, 0.1) is 0 Å². The van der Waals surface area contributed by atoms with Gasteiger partial charge in [-0.15, -0.1) is 0 Å². The largest absolute Gasteiger partial charge is 0.368 e. The van der Waals surface area contributed by atoms with Crippen LogP contribution in [0.3, 0.4) is 0 Å². The Balaban J connectivity index is 2.25. The molecule has 0 amide bonds. The van der Waals surface area contributed by atoms with Crippen LogP contribution >= 0.6 is 0 Å². The summed E-state index contributed by atoms with van der Waals surface area (Å²) in [6.07, 6.45) is 6.68. The third kappa shape index (κ3) is 4.94. The van der Waals surface area contributed by atoms with Gasteiger partial charge in [-0.25, -0.2) is 8.78 Å². The summed E-state index contributed by atoms with van der Waals surface area (Å²) in [6.45, 7) is 2.67. The van der Waals surface area contributed by atoms with Crippen LogP contribution in [0.4, 0.5) is 19.0 Å². The summed E-state index contributed by atoms with van der Waals surface area (Å²) < 4.78 is 38.6. The number of pyridine rings is 1. The Morgan fingerprint density at radius 3 is 2.39 bits per heavy atom. The maximum Gasteiger partial charge on any atom is 0.251 e. The van der Waals surface area contributed by atoms with E-state index < -0.39 is 17.6 Å². The van der Waals surface area contributed by atoms with Crippen molar-refractivity contribution in [1.82, 2.24) is 4.98 Å². The van der Waals surface area contributed by atoms with Crippen molar-refractivity contribution >= 4 is 5.82 Å². The van der Waals surface area contributed by atoms with Crippen LogP contribution < -0.4 is 5.32 Å². The Bertz CT molecular complexity index is 369. The first-order chi connectivity index (χ1) is 8.65. The van der Waals surface area contributed by atoms with Gasteiger partial charge in [0.1, 0.15) is 0 Å². The van der Waals surface area contributed by atoms with Gasteiger partial charge in [-0.3, -0.25) is 0 Å². The van der Waals surface area contributed by atoms with E-state index in [9.17, 15) is 13.2 Å². The van der Waals surface area contributed by atoms with Crippen molar-refractivity contribution in [3.8, 4) is 0 Å². The zero-order valence-corrected chi connectivity index (χ0v) is 10.6. The zero-order chi connectivity index (χ0) is 13.4. The van der Waals surface area contributed by atoms with E-state index in [4.69, 9.17) is 0 Å². The third-order valence-electron chi connectivity index (χ3n) is 2.71. The van der Waals surface area contributed by atoms with Gasteiger partial charge >= 0.3 is 0 Å². The van der Waals surface area contributed by atoms with Crippen LogP contribution in [0.1, 0.15) is 45.4 Å². The Hall–Kier alpha value is -1.26. The highest BCUT2D eigenvalue weighted by Gasteiger charge is 2.10. The van der Waals surface area contributed by atoms with Gasteiger partial charge in [0, 0.05) is 12.6 Å². The summed E-state index contributed by atoms with van der Waals surface area (Å²) in [4.78, 5) is 3.19. The number of rotatable bonds is 8. The predicted octanol–water partition coefficient (Wildman–Crippen LogP) is 4.27. The van der Waals surface area contributed by atoms with Crippen LogP contribution in [0, 0.1) is 17.6 Å². The van der Waals surface area contributed by atoms with E-state index >= 15 is 0 Å². The van der Waals surface area contributed by atoms with Crippen molar-refractivity contribution < 1.29 is 13.2 Å². The van der Waals surface area contributed by atoms with Crippen molar-refractivity contribution in [3.63, 3.8) is 0 Å². The molecule has 0 bridgehead atoms. The molecule has 1 heterocycles. The van der Waals surface area contributed by atoms with Gasteiger partial charge in [0.15, 0.2) is 17.5 Å². The summed E-state index contributed by atoms with van der Waals surface area (Å²) in [5.74, 6) is -3.62. The molecular weight excluding hydrogens is 241 g/mol. The molecule has 2 nitrogen and oxygen atoms in total. The first kappa shape index (κ1) is 14.8. The van der Waals surface area contributed by atoms with Gasteiger partial charge in [-0.1, -0.05) is 39.0 Å². The molecule has 5 heteroatoms. The molecule has 0 saturated heterocycles. The number of unbranched alkanes of at least 4 members (excludes halogenated alkanes) is 5. The lowest BCUT2D eigenvalue weighted by atomic mass is 10.1. The molecule has 1 aromatic rings. The molecule has 0 aliphatic heterocycles. The highest BCUT2D eigenvalue weighted by molar-refractivity contribution is 5.35. The summed E-state index contributed by atoms with van der Waals surface area (Å²) in [6, 6.07) is 0.506. The number of aromatic nitrogens is 1. The SMILES string of the molecule is CCCCCCCCNc1nc(F)c(F)cc1F. The maximum absolute atomic E-state index is 13.2. The molecule has 0 saturated carbocycles. The summed E-state index contributed by atoms with van der Waals surface area (Å²) in [5.41, 5.74) is 0. The Labute approximate surface area is 106 Å². The Kier molecular flexibility index (Phi) is 6.54. The molecule has 1 rings (SSSR count). The molecule has 102 valence electrons. The van der Waals surface area contributed by atoms with Gasteiger partial charge < -0.3 is 5.32 Å². The van der Waals surface area contributed by atoms with Crippen LogP contribution in [0.2, 0.25) is 0 Å². The van der Waals surface area contributed by atoms with Gasteiger partial charge in [0.25, 0.3) is 5.95 Å². The minimum absolute atomic E-state index is 0.220. The van der Waals surface area contributed by atoms with Crippen LogP contribution in [0.5, 0.6) is 0 Å². The number of anilines is 1. The molecule has 0 unspecified atom stereocenters. The van der Waals surface area contributed by atoms with E-state index in [1.807, 2.05) is 0 Å². The molecule has 0 fully saturated rings. The van der Waals surface area contributed by atoms with E-state index in [-0.39, 0.29) is 5.82 Å². The predicted molar refractivity (Wildman–Crippen MR) is 66.0 cm³/mol. The van der Waals surface area contributed by atoms with Crippen LogP contribution in [0.15, 0.2) is 6.07 Å². The number of halogens is 3. The normalized spacial score (nSPS) is 10.7. The fourth-order valence-corrected chi connectivity index (χ4v) is 1.68. The molecule has 0 aromatic carbocycles. The standard InChI is InChI=1S/C13H19F3N2/c1-2-3-4-5-6-7-8-17-13-11(15)9-10(14)12(16)18-13/h9H,2-8H2,1H3,(H,17,18). The highest BCUT2D eigenvalue weighted by Crippen LogP contribution is 2.14. The molecule has 1 aromatic heterocycles. The first-order valence-electron chi connectivity index (χ1n) is 6.40. The number of nitrogens with zero attached hydrogens (tertiary/aromatic N) is 1. The number of nitrogens with one attached hydrogen (secondary N) is 1. The van der Waals surface area contributed by atoms with Crippen LogP contribution in [-0.2, 0) is 0 Å². The van der Waals surface area contributed by atoms with Gasteiger partial charge in [-0.2, -0.15) is 9.37 Å². The lowest BCUT2D eigenvalue weighted by Gasteiger charge is -2.06. The van der Waals surface area contributed by atoms with Gasteiger partial charge in [-0.05, 0) is 6.42 Å². The van der Waals surface area contributed by atoms with Crippen molar-refractivity contribution in [2.45, 2.75) is 45.4 Å². The minimum Gasteiger partial charge on any atom is -0.368 e. The molecule has 0 aliphatic carbocycles. The number of hydrogen-bond donors (Lipinski definition) is 1. The molecule has 1 N–H and O–H groups in total. The third-order valence-corrected chi connectivity index (χ3v) is 2.71. The van der Waals surface area contributed by atoms with Crippen molar-refractivity contribution in [3.05, 3.63) is 23.6 Å². The molecule has 0 spiro atoms. The fourth-order valence-electron chi connectivity index (χ4n) is 1.68.